The summed E-state index contributed by atoms with van der Waals surface area (Å²) >= 11 is 0. The van der Waals surface area contributed by atoms with Crippen LogP contribution in [0.4, 0.5) is 0 Å². The number of aromatic nitrogens is 2. The monoisotopic (exact) mass is 238 g/mol. The van der Waals surface area contributed by atoms with Crippen LogP contribution < -0.4 is 4.74 Å². The van der Waals surface area contributed by atoms with Gasteiger partial charge in [-0.15, -0.1) is 0 Å². The van der Waals surface area contributed by atoms with Crippen LogP contribution in [0.5, 0.6) is 5.88 Å². The summed E-state index contributed by atoms with van der Waals surface area (Å²) in [6.07, 6.45) is 7.69. The summed E-state index contributed by atoms with van der Waals surface area (Å²) in [5.74, 6) is 0.518. The van der Waals surface area contributed by atoms with Crippen molar-refractivity contribution in [2.24, 2.45) is 0 Å². The molecule has 17 heavy (non-hydrogen) atoms. The number of nitrogens with zero attached hydrogens (tertiary/aromatic N) is 2. The number of ether oxygens (including phenoxy) is 2. The van der Waals surface area contributed by atoms with Crippen LogP contribution in [0.15, 0.2) is 12.4 Å². The van der Waals surface area contributed by atoms with E-state index in [4.69, 9.17) is 14.6 Å². The molecule has 2 atom stereocenters. The molecule has 0 spiro atoms. The van der Waals surface area contributed by atoms with E-state index < -0.39 is 0 Å². The summed E-state index contributed by atoms with van der Waals surface area (Å²) < 4.78 is 11.1. The summed E-state index contributed by atoms with van der Waals surface area (Å²) in [6.45, 7) is -0.0948. The molecular formula is C12H18N2O3. The number of aliphatic hydroxyl groups is 1. The van der Waals surface area contributed by atoms with Gasteiger partial charge < -0.3 is 14.6 Å². The van der Waals surface area contributed by atoms with Gasteiger partial charge in [0.05, 0.1) is 30.8 Å². The van der Waals surface area contributed by atoms with E-state index in [9.17, 15) is 0 Å². The van der Waals surface area contributed by atoms with Crippen molar-refractivity contribution in [3.63, 3.8) is 0 Å². The Hall–Kier alpha value is -1.20. The molecule has 0 aliphatic heterocycles. The molecule has 1 saturated carbocycles. The number of hydrogen-bond donors (Lipinski definition) is 1. The number of aliphatic hydroxyl groups excluding tert-OH is 1. The van der Waals surface area contributed by atoms with E-state index in [0.717, 1.165) is 25.7 Å². The van der Waals surface area contributed by atoms with Gasteiger partial charge in [0, 0.05) is 13.5 Å². The van der Waals surface area contributed by atoms with Crippen molar-refractivity contribution >= 4 is 0 Å². The van der Waals surface area contributed by atoms with Crippen LogP contribution in [0.3, 0.4) is 0 Å². The summed E-state index contributed by atoms with van der Waals surface area (Å²) in [5, 5.41) is 8.86. The first kappa shape index (κ1) is 12.3. The molecule has 5 heteroatoms. The fourth-order valence-electron chi connectivity index (χ4n) is 2.08. The minimum Gasteiger partial charge on any atom is -0.473 e. The first-order chi connectivity index (χ1) is 8.31. The third kappa shape index (κ3) is 3.38. The molecule has 5 nitrogen and oxygen atoms in total. The highest BCUT2D eigenvalue weighted by atomic mass is 16.5. The number of methoxy groups -OCH3 is 1. The quantitative estimate of drug-likeness (QED) is 0.856. The average Bonchev–Trinajstić information content (AvgIpc) is 2.40. The van der Waals surface area contributed by atoms with E-state index in [1.54, 1.807) is 13.3 Å². The van der Waals surface area contributed by atoms with Crippen LogP contribution >= 0.6 is 0 Å². The Kier molecular flexibility index (Phi) is 4.28. The molecule has 1 N–H and O–H groups in total. The number of rotatable bonds is 4. The lowest BCUT2D eigenvalue weighted by Crippen LogP contribution is -2.29. The van der Waals surface area contributed by atoms with Crippen molar-refractivity contribution < 1.29 is 14.6 Å². The van der Waals surface area contributed by atoms with E-state index in [-0.39, 0.29) is 12.7 Å². The second-order valence-electron chi connectivity index (χ2n) is 4.27. The topological polar surface area (TPSA) is 64.5 Å². The molecule has 0 bridgehead atoms. The smallest absolute Gasteiger partial charge is 0.232 e. The molecule has 0 amide bonds. The molecular weight excluding hydrogens is 220 g/mol. The summed E-state index contributed by atoms with van der Waals surface area (Å²) in [5.41, 5.74) is 0.552. The van der Waals surface area contributed by atoms with E-state index in [1.165, 1.54) is 6.20 Å². The molecule has 1 aliphatic carbocycles. The molecule has 0 saturated heterocycles. The Labute approximate surface area is 101 Å². The zero-order chi connectivity index (χ0) is 12.1. The number of hydrogen-bond acceptors (Lipinski definition) is 5. The van der Waals surface area contributed by atoms with Crippen molar-refractivity contribution in [1.29, 1.82) is 0 Å². The predicted molar refractivity (Wildman–Crippen MR) is 61.6 cm³/mol. The summed E-state index contributed by atoms with van der Waals surface area (Å²) in [7, 11) is 1.74. The van der Waals surface area contributed by atoms with Gasteiger partial charge in [0.15, 0.2) is 0 Å². The maximum atomic E-state index is 8.86. The molecule has 2 rings (SSSR count). The normalized spacial score (nSPS) is 24.6. The Bertz CT molecular complexity index is 342. The van der Waals surface area contributed by atoms with Crippen molar-refractivity contribution in [3.05, 3.63) is 18.1 Å². The molecule has 1 aliphatic rings. The van der Waals surface area contributed by atoms with Crippen molar-refractivity contribution in [2.45, 2.75) is 44.5 Å². The fraction of sp³-hybridized carbons (Fsp3) is 0.667. The van der Waals surface area contributed by atoms with E-state index in [0.29, 0.717) is 17.7 Å². The van der Waals surface area contributed by atoms with Crippen LogP contribution in [0.25, 0.3) is 0 Å². The van der Waals surface area contributed by atoms with E-state index >= 15 is 0 Å². The van der Waals surface area contributed by atoms with Crippen LogP contribution in [-0.4, -0.2) is 34.4 Å². The van der Waals surface area contributed by atoms with E-state index in [1.807, 2.05) is 0 Å². The minimum absolute atomic E-state index is 0.0948. The second kappa shape index (κ2) is 5.93. The molecule has 94 valence electrons. The van der Waals surface area contributed by atoms with Gasteiger partial charge in [-0.2, -0.15) is 0 Å². The first-order valence-electron chi connectivity index (χ1n) is 5.93. The van der Waals surface area contributed by atoms with E-state index in [2.05, 4.69) is 9.97 Å². The van der Waals surface area contributed by atoms with Crippen LogP contribution in [-0.2, 0) is 11.3 Å². The van der Waals surface area contributed by atoms with Gasteiger partial charge >= 0.3 is 0 Å². The Balaban J connectivity index is 1.90. The second-order valence-corrected chi connectivity index (χ2v) is 4.27. The average molecular weight is 238 g/mol. The maximum Gasteiger partial charge on any atom is 0.232 e. The lowest BCUT2D eigenvalue weighted by Gasteiger charge is -2.28. The Morgan fingerprint density at radius 3 is 2.76 bits per heavy atom. The molecule has 1 fully saturated rings. The minimum atomic E-state index is -0.0948. The van der Waals surface area contributed by atoms with Gasteiger partial charge in [-0.1, -0.05) is 0 Å². The first-order valence-corrected chi connectivity index (χ1v) is 5.93. The van der Waals surface area contributed by atoms with Gasteiger partial charge in [0.25, 0.3) is 0 Å². The SMILES string of the molecule is COC1CCCC(Oc2cnc(CO)cn2)C1. The highest BCUT2D eigenvalue weighted by Crippen LogP contribution is 2.24. The molecule has 1 heterocycles. The lowest BCUT2D eigenvalue weighted by atomic mass is 9.95. The van der Waals surface area contributed by atoms with Crippen molar-refractivity contribution in [2.75, 3.05) is 7.11 Å². The zero-order valence-corrected chi connectivity index (χ0v) is 10.0. The third-order valence-electron chi connectivity index (χ3n) is 3.04. The molecule has 0 radical (unpaired) electrons. The maximum absolute atomic E-state index is 8.86. The Morgan fingerprint density at radius 2 is 2.12 bits per heavy atom. The fourth-order valence-corrected chi connectivity index (χ4v) is 2.08. The largest absolute Gasteiger partial charge is 0.473 e. The Morgan fingerprint density at radius 1 is 1.29 bits per heavy atom. The third-order valence-corrected chi connectivity index (χ3v) is 3.04. The van der Waals surface area contributed by atoms with Crippen LogP contribution in [0, 0.1) is 0 Å². The standard InChI is InChI=1S/C12H18N2O3/c1-16-10-3-2-4-11(5-10)17-12-7-13-9(8-15)6-14-12/h6-7,10-11,15H,2-5,8H2,1H3. The van der Waals surface area contributed by atoms with Crippen LogP contribution in [0.2, 0.25) is 0 Å². The predicted octanol–water partition coefficient (Wildman–Crippen LogP) is 1.31. The van der Waals surface area contributed by atoms with Gasteiger partial charge in [-0.25, -0.2) is 4.98 Å². The van der Waals surface area contributed by atoms with Gasteiger partial charge in [0.1, 0.15) is 6.10 Å². The van der Waals surface area contributed by atoms with Gasteiger partial charge in [0.2, 0.25) is 5.88 Å². The molecule has 2 unspecified atom stereocenters. The highest BCUT2D eigenvalue weighted by Gasteiger charge is 2.23. The van der Waals surface area contributed by atoms with Crippen molar-refractivity contribution in [3.8, 4) is 5.88 Å². The molecule has 1 aromatic heterocycles. The molecule has 1 aromatic rings. The van der Waals surface area contributed by atoms with Crippen molar-refractivity contribution in [1.82, 2.24) is 9.97 Å². The molecule has 0 aromatic carbocycles. The van der Waals surface area contributed by atoms with Crippen LogP contribution in [0.1, 0.15) is 31.4 Å². The summed E-state index contributed by atoms with van der Waals surface area (Å²) in [4.78, 5) is 8.14. The zero-order valence-electron chi connectivity index (χ0n) is 10.0. The lowest BCUT2D eigenvalue weighted by molar-refractivity contribution is 0.0193. The highest BCUT2D eigenvalue weighted by molar-refractivity contribution is 5.07. The van der Waals surface area contributed by atoms with Gasteiger partial charge in [-0.3, -0.25) is 4.98 Å². The van der Waals surface area contributed by atoms with Gasteiger partial charge in [-0.05, 0) is 19.3 Å². The summed E-state index contributed by atoms with van der Waals surface area (Å²) in [6, 6.07) is 0.